The highest BCUT2D eigenvalue weighted by Gasteiger charge is 2.38. The molecule has 1 spiro atoms. The first-order chi connectivity index (χ1) is 9.71. The van der Waals surface area contributed by atoms with Crippen molar-refractivity contribution in [2.24, 2.45) is 5.41 Å². The quantitative estimate of drug-likeness (QED) is 0.917. The van der Waals surface area contributed by atoms with Gasteiger partial charge in [-0.2, -0.15) is 0 Å². The summed E-state index contributed by atoms with van der Waals surface area (Å²) in [5, 5.41) is 3.49. The highest BCUT2D eigenvalue weighted by Crippen LogP contribution is 2.39. The number of piperidine rings is 1. The first-order valence-electron chi connectivity index (χ1n) is 7.77. The van der Waals surface area contributed by atoms with Crippen LogP contribution in [-0.2, 0) is 6.54 Å². The van der Waals surface area contributed by atoms with Crippen molar-refractivity contribution in [3.63, 3.8) is 0 Å². The fraction of sp³-hybridized carbons (Fsp3) is 0.647. The molecule has 3 rings (SSSR count). The summed E-state index contributed by atoms with van der Waals surface area (Å²) < 4.78 is 5.43. The van der Waals surface area contributed by atoms with E-state index in [0.29, 0.717) is 5.41 Å². The van der Waals surface area contributed by atoms with Crippen molar-refractivity contribution in [1.82, 2.24) is 10.2 Å². The lowest BCUT2D eigenvalue weighted by Crippen LogP contribution is -2.38. The number of hydrogen-bond acceptors (Lipinski definition) is 3. The predicted molar refractivity (Wildman–Crippen MR) is 82.2 cm³/mol. The summed E-state index contributed by atoms with van der Waals surface area (Å²) in [7, 11) is 1.76. The van der Waals surface area contributed by atoms with Gasteiger partial charge in [-0.1, -0.05) is 12.1 Å². The molecule has 2 saturated heterocycles. The lowest BCUT2D eigenvalue weighted by atomic mass is 9.78. The van der Waals surface area contributed by atoms with Crippen LogP contribution < -0.4 is 10.1 Å². The van der Waals surface area contributed by atoms with Crippen LogP contribution in [0.5, 0.6) is 5.75 Å². The van der Waals surface area contributed by atoms with Crippen molar-refractivity contribution >= 4 is 0 Å². The van der Waals surface area contributed by atoms with E-state index in [4.69, 9.17) is 4.74 Å². The zero-order chi connectivity index (χ0) is 14.0. The molecule has 110 valence electrons. The Morgan fingerprint density at radius 3 is 2.80 bits per heavy atom. The molecular formula is C17H26N2O. The van der Waals surface area contributed by atoms with Gasteiger partial charge >= 0.3 is 0 Å². The molecule has 0 saturated carbocycles. The highest BCUT2D eigenvalue weighted by atomic mass is 16.5. The van der Waals surface area contributed by atoms with Crippen molar-refractivity contribution in [3.8, 4) is 5.75 Å². The molecule has 0 unspecified atom stereocenters. The third-order valence-electron chi connectivity index (χ3n) is 5.06. The number of aryl methyl sites for hydroxylation is 1. The van der Waals surface area contributed by atoms with Gasteiger partial charge in [0.1, 0.15) is 5.75 Å². The Kier molecular flexibility index (Phi) is 3.99. The lowest BCUT2D eigenvalue weighted by Gasteiger charge is -2.34. The van der Waals surface area contributed by atoms with Crippen LogP contribution in [0.15, 0.2) is 18.2 Å². The Hall–Kier alpha value is -1.06. The van der Waals surface area contributed by atoms with Gasteiger partial charge in [0.25, 0.3) is 0 Å². The monoisotopic (exact) mass is 274 g/mol. The minimum Gasteiger partial charge on any atom is -0.496 e. The molecular weight excluding hydrogens is 248 g/mol. The predicted octanol–water partition coefficient (Wildman–Crippen LogP) is 2.58. The van der Waals surface area contributed by atoms with Crippen molar-refractivity contribution < 1.29 is 4.74 Å². The second-order valence-corrected chi connectivity index (χ2v) is 6.51. The van der Waals surface area contributed by atoms with Crippen molar-refractivity contribution in [2.45, 2.75) is 32.7 Å². The maximum atomic E-state index is 5.43. The van der Waals surface area contributed by atoms with E-state index in [1.807, 2.05) is 0 Å². The van der Waals surface area contributed by atoms with E-state index >= 15 is 0 Å². The fourth-order valence-corrected chi connectivity index (χ4v) is 3.75. The van der Waals surface area contributed by atoms with E-state index in [1.54, 1.807) is 7.11 Å². The summed E-state index contributed by atoms with van der Waals surface area (Å²) in [6, 6.07) is 6.61. The maximum Gasteiger partial charge on any atom is 0.122 e. The van der Waals surface area contributed by atoms with E-state index in [1.165, 1.54) is 56.6 Å². The molecule has 1 aromatic carbocycles. The number of ether oxygens (including phenoxy) is 1. The second-order valence-electron chi connectivity index (χ2n) is 6.51. The minimum absolute atomic E-state index is 0.597. The van der Waals surface area contributed by atoms with Crippen molar-refractivity contribution in [3.05, 3.63) is 29.3 Å². The van der Waals surface area contributed by atoms with Gasteiger partial charge in [0, 0.05) is 13.1 Å². The Balaban J connectivity index is 1.64. The third-order valence-corrected chi connectivity index (χ3v) is 5.06. The summed E-state index contributed by atoms with van der Waals surface area (Å²) in [5.41, 5.74) is 3.19. The summed E-state index contributed by atoms with van der Waals surface area (Å²) in [6.45, 7) is 8.08. The fourth-order valence-electron chi connectivity index (χ4n) is 3.75. The normalized spacial score (nSPS) is 22.3. The van der Waals surface area contributed by atoms with E-state index in [2.05, 4.69) is 35.3 Å². The number of likely N-dealkylation sites (tertiary alicyclic amines) is 1. The van der Waals surface area contributed by atoms with Gasteiger partial charge in [0.15, 0.2) is 0 Å². The van der Waals surface area contributed by atoms with Gasteiger partial charge in [-0.25, -0.2) is 0 Å². The maximum absolute atomic E-state index is 5.43. The largest absolute Gasteiger partial charge is 0.496 e. The standard InChI is InChI=1S/C17H26N2O/c1-14-3-4-15(11-16(14)20-2)12-19-10-7-17(13-19)5-8-18-9-6-17/h3-4,11,18H,5-10,12-13H2,1-2H3. The number of benzene rings is 1. The third kappa shape index (κ3) is 2.84. The molecule has 20 heavy (non-hydrogen) atoms. The second kappa shape index (κ2) is 5.74. The molecule has 0 aromatic heterocycles. The van der Waals surface area contributed by atoms with E-state index in [0.717, 1.165) is 12.3 Å². The molecule has 2 aliphatic heterocycles. The van der Waals surface area contributed by atoms with Crippen LogP contribution in [0.1, 0.15) is 30.4 Å². The van der Waals surface area contributed by atoms with Crippen LogP contribution in [0.2, 0.25) is 0 Å². The average molecular weight is 274 g/mol. The van der Waals surface area contributed by atoms with Crippen LogP contribution in [0, 0.1) is 12.3 Å². The van der Waals surface area contributed by atoms with Crippen LogP contribution in [0.3, 0.4) is 0 Å². The molecule has 0 amide bonds. The summed E-state index contributed by atoms with van der Waals surface area (Å²) in [4.78, 5) is 2.62. The van der Waals surface area contributed by atoms with E-state index < -0.39 is 0 Å². The van der Waals surface area contributed by atoms with Crippen LogP contribution in [0.25, 0.3) is 0 Å². The molecule has 2 heterocycles. The van der Waals surface area contributed by atoms with Gasteiger partial charge in [-0.3, -0.25) is 4.90 Å². The molecule has 1 aromatic rings. The number of nitrogens with zero attached hydrogens (tertiary/aromatic N) is 1. The Labute approximate surface area is 122 Å². The SMILES string of the molecule is COc1cc(CN2CCC3(CCNCC3)C2)ccc1C. The number of hydrogen-bond donors (Lipinski definition) is 1. The zero-order valence-corrected chi connectivity index (χ0v) is 12.7. The van der Waals surface area contributed by atoms with Gasteiger partial charge in [-0.05, 0) is 68.4 Å². The molecule has 1 N–H and O–H groups in total. The van der Waals surface area contributed by atoms with Crippen LogP contribution >= 0.6 is 0 Å². The summed E-state index contributed by atoms with van der Waals surface area (Å²) >= 11 is 0. The molecule has 2 fully saturated rings. The summed E-state index contributed by atoms with van der Waals surface area (Å²) in [6.07, 6.45) is 4.07. The average Bonchev–Trinajstić information content (AvgIpc) is 2.84. The number of methoxy groups -OCH3 is 1. The molecule has 3 nitrogen and oxygen atoms in total. The molecule has 0 radical (unpaired) electrons. The molecule has 3 heteroatoms. The van der Waals surface area contributed by atoms with Crippen molar-refractivity contribution in [1.29, 1.82) is 0 Å². The molecule has 0 aliphatic carbocycles. The van der Waals surface area contributed by atoms with Gasteiger partial charge < -0.3 is 10.1 Å². The van der Waals surface area contributed by atoms with Gasteiger partial charge in [0.2, 0.25) is 0 Å². The van der Waals surface area contributed by atoms with Gasteiger partial charge in [-0.15, -0.1) is 0 Å². The first-order valence-corrected chi connectivity index (χ1v) is 7.77. The summed E-state index contributed by atoms with van der Waals surface area (Å²) in [5.74, 6) is 1.01. The Bertz CT molecular complexity index is 466. The van der Waals surface area contributed by atoms with Crippen LogP contribution in [-0.4, -0.2) is 38.2 Å². The Morgan fingerprint density at radius 1 is 1.25 bits per heavy atom. The van der Waals surface area contributed by atoms with Crippen molar-refractivity contribution in [2.75, 3.05) is 33.3 Å². The van der Waals surface area contributed by atoms with Crippen LogP contribution in [0.4, 0.5) is 0 Å². The number of nitrogens with one attached hydrogen (secondary N) is 1. The molecule has 2 aliphatic rings. The highest BCUT2D eigenvalue weighted by molar-refractivity contribution is 5.36. The van der Waals surface area contributed by atoms with E-state index in [9.17, 15) is 0 Å². The minimum atomic E-state index is 0.597. The van der Waals surface area contributed by atoms with Gasteiger partial charge in [0.05, 0.1) is 7.11 Å². The first kappa shape index (κ1) is 13.9. The zero-order valence-electron chi connectivity index (χ0n) is 12.7. The topological polar surface area (TPSA) is 24.5 Å². The number of rotatable bonds is 3. The smallest absolute Gasteiger partial charge is 0.122 e. The molecule has 0 atom stereocenters. The Morgan fingerprint density at radius 2 is 2.05 bits per heavy atom. The van der Waals surface area contributed by atoms with E-state index in [-0.39, 0.29) is 0 Å². The lowest BCUT2D eigenvalue weighted by molar-refractivity contribution is 0.194. The molecule has 0 bridgehead atoms.